The number of likely N-dealkylation sites (N-methyl/N-ethyl adjacent to an activating group) is 1. The first-order valence-corrected chi connectivity index (χ1v) is 9.25. The van der Waals surface area contributed by atoms with Gasteiger partial charge in [-0.2, -0.15) is 5.53 Å². The van der Waals surface area contributed by atoms with Crippen molar-refractivity contribution in [1.82, 2.24) is 9.99 Å². The summed E-state index contributed by atoms with van der Waals surface area (Å²) in [5, 5.41) is 19.2. The van der Waals surface area contributed by atoms with E-state index in [4.69, 9.17) is 25.3 Å². The Kier molecular flexibility index (Phi) is 9.20. The third-order valence-corrected chi connectivity index (χ3v) is 4.07. The minimum Gasteiger partial charge on any atom is -0.389 e. The van der Waals surface area contributed by atoms with E-state index in [1.54, 1.807) is 42.5 Å². The van der Waals surface area contributed by atoms with E-state index in [1.165, 1.54) is 21.3 Å². The minimum absolute atomic E-state index is 0.00776. The lowest BCUT2D eigenvalue weighted by molar-refractivity contribution is -0.134. The number of ether oxygens (including phenoxy) is 2. The number of aromatic nitrogens is 1. The van der Waals surface area contributed by atoms with Crippen molar-refractivity contribution < 1.29 is 19.1 Å². The van der Waals surface area contributed by atoms with Gasteiger partial charge in [-0.3, -0.25) is 10.2 Å². The summed E-state index contributed by atoms with van der Waals surface area (Å²) < 4.78 is 10.0. The second kappa shape index (κ2) is 12.1. The van der Waals surface area contributed by atoms with E-state index in [0.717, 1.165) is 5.01 Å². The first-order chi connectivity index (χ1) is 15.0. The number of methoxy groups -OCH3 is 2. The number of carbonyl (C=O) groups is 1. The average Bonchev–Trinajstić information content (AvgIpc) is 2.80. The molecule has 1 aromatic carbocycles. The Hall–Kier alpha value is -3.70. The normalized spacial score (nSPS) is 11.2. The molecular weight excluding hydrogens is 402 g/mol. The molecule has 0 bridgehead atoms. The number of pyridine rings is 1. The lowest BCUT2D eigenvalue weighted by Crippen LogP contribution is -2.29. The van der Waals surface area contributed by atoms with Crippen LogP contribution in [0.15, 0.2) is 58.9 Å². The highest BCUT2D eigenvalue weighted by molar-refractivity contribution is 6.46. The summed E-state index contributed by atoms with van der Waals surface area (Å²) in [7, 11) is 4.38. The maximum absolute atomic E-state index is 12.1. The standard InChI is InChI=1S/C20H25N7O4/c1-27(26-22)20(21)19(14-8-5-4-6-9-14)25-31-13-15-10-7-11-16(23-15)24-17(28)12-18(29-2)30-3/h4-11,18,21-22H,12-13H2,1-3H3,(H,23,24,28)/b21-20?,25-19-,26-22?. The van der Waals surface area contributed by atoms with E-state index < -0.39 is 6.29 Å². The zero-order valence-electron chi connectivity index (χ0n) is 17.5. The van der Waals surface area contributed by atoms with Crippen molar-refractivity contribution in [3.63, 3.8) is 0 Å². The van der Waals surface area contributed by atoms with Crippen LogP contribution >= 0.6 is 0 Å². The van der Waals surface area contributed by atoms with Crippen molar-refractivity contribution in [2.24, 2.45) is 10.4 Å². The molecule has 0 saturated carbocycles. The van der Waals surface area contributed by atoms with Gasteiger partial charge >= 0.3 is 0 Å². The van der Waals surface area contributed by atoms with E-state index in [-0.39, 0.29) is 30.5 Å². The average molecular weight is 427 g/mol. The van der Waals surface area contributed by atoms with Crippen LogP contribution in [0.5, 0.6) is 0 Å². The second-order valence-electron chi connectivity index (χ2n) is 6.22. The predicted molar refractivity (Wildman–Crippen MR) is 114 cm³/mol. The molecule has 11 heteroatoms. The maximum Gasteiger partial charge on any atom is 0.230 e. The van der Waals surface area contributed by atoms with Gasteiger partial charge in [0.25, 0.3) is 0 Å². The fraction of sp³-hybridized carbons (Fsp3) is 0.300. The molecule has 11 nitrogen and oxygen atoms in total. The number of nitrogens with one attached hydrogen (secondary N) is 3. The van der Waals surface area contributed by atoms with E-state index in [1.807, 2.05) is 6.07 Å². The van der Waals surface area contributed by atoms with E-state index in [2.05, 4.69) is 20.7 Å². The van der Waals surface area contributed by atoms with Crippen molar-refractivity contribution in [1.29, 1.82) is 10.9 Å². The van der Waals surface area contributed by atoms with Gasteiger partial charge in [-0.15, -0.1) is 0 Å². The number of rotatable bonds is 11. The number of benzene rings is 1. The molecule has 2 rings (SSSR count). The molecule has 0 aliphatic rings. The number of nitrogens with zero attached hydrogens (tertiary/aromatic N) is 4. The molecule has 0 atom stereocenters. The van der Waals surface area contributed by atoms with Gasteiger partial charge in [0.2, 0.25) is 5.91 Å². The number of amidine groups is 1. The van der Waals surface area contributed by atoms with Crippen LogP contribution in [0.2, 0.25) is 0 Å². The van der Waals surface area contributed by atoms with Crippen molar-refractivity contribution in [2.75, 3.05) is 26.6 Å². The van der Waals surface area contributed by atoms with Gasteiger partial charge < -0.3 is 19.6 Å². The van der Waals surface area contributed by atoms with Crippen LogP contribution in [0.25, 0.3) is 0 Å². The Morgan fingerprint density at radius 1 is 1.16 bits per heavy atom. The third kappa shape index (κ3) is 7.24. The fourth-order valence-corrected chi connectivity index (χ4v) is 2.43. The molecule has 0 unspecified atom stereocenters. The topological polar surface area (TPSA) is 145 Å². The molecule has 164 valence electrons. The van der Waals surface area contributed by atoms with Crippen molar-refractivity contribution in [2.45, 2.75) is 19.3 Å². The molecule has 3 N–H and O–H groups in total. The van der Waals surface area contributed by atoms with E-state index in [9.17, 15) is 4.79 Å². The second-order valence-corrected chi connectivity index (χ2v) is 6.22. The summed E-state index contributed by atoms with van der Waals surface area (Å²) in [4.78, 5) is 21.8. The Morgan fingerprint density at radius 2 is 1.87 bits per heavy atom. The highest BCUT2D eigenvalue weighted by Gasteiger charge is 2.16. The molecule has 0 saturated heterocycles. The molecule has 1 aromatic heterocycles. The molecule has 0 fully saturated rings. The van der Waals surface area contributed by atoms with Crippen LogP contribution in [0.1, 0.15) is 17.7 Å². The quantitative estimate of drug-likeness (QED) is 0.165. The lowest BCUT2D eigenvalue weighted by atomic mass is 10.1. The Balaban J connectivity index is 2.07. The van der Waals surface area contributed by atoms with Gasteiger partial charge in [0.1, 0.15) is 5.82 Å². The minimum atomic E-state index is -0.638. The van der Waals surface area contributed by atoms with Crippen LogP contribution < -0.4 is 5.32 Å². The number of amides is 1. The van der Waals surface area contributed by atoms with Gasteiger partial charge in [0.15, 0.2) is 24.4 Å². The smallest absolute Gasteiger partial charge is 0.230 e. The zero-order chi connectivity index (χ0) is 22.6. The van der Waals surface area contributed by atoms with Crippen LogP contribution in [-0.4, -0.2) is 55.0 Å². The van der Waals surface area contributed by atoms with E-state index >= 15 is 0 Å². The lowest BCUT2D eigenvalue weighted by Gasteiger charge is -2.14. The molecule has 0 aliphatic carbocycles. The molecule has 0 radical (unpaired) electrons. The summed E-state index contributed by atoms with van der Waals surface area (Å²) in [6.45, 7) is 0.00776. The first-order valence-electron chi connectivity index (χ1n) is 9.25. The maximum atomic E-state index is 12.1. The number of hydrogen-bond acceptors (Lipinski definition) is 9. The summed E-state index contributed by atoms with van der Waals surface area (Å²) in [5.74, 6) is -0.0508. The van der Waals surface area contributed by atoms with Crippen molar-refractivity contribution in [3.05, 3.63) is 59.8 Å². The number of hydrogen-bond donors (Lipinski definition) is 3. The predicted octanol–water partition coefficient (Wildman–Crippen LogP) is 2.81. The van der Waals surface area contributed by atoms with Gasteiger partial charge in [0, 0.05) is 26.8 Å². The van der Waals surface area contributed by atoms with Gasteiger partial charge in [-0.05, 0) is 12.1 Å². The van der Waals surface area contributed by atoms with Crippen LogP contribution in [0.3, 0.4) is 0 Å². The molecule has 0 aliphatic heterocycles. The Labute approximate surface area is 180 Å². The largest absolute Gasteiger partial charge is 0.389 e. The molecule has 0 spiro atoms. The number of oxime groups is 1. The van der Waals surface area contributed by atoms with Crippen molar-refractivity contribution in [3.8, 4) is 0 Å². The number of carbonyl (C=O) groups excluding carboxylic acids is 1. The molecule has 31 heavy (non-hydrogen) atoms. The number of anilines is 1. The van der Waals surface area contributed by atoms with E-state index in [0.29, 0.717) is 17.1 Å². The SMILES string of the molecule is COC(CC(=O)Nc1cccc(CO/N=C(\C(=N)N(C)N=N)c2ccccc2)n1)OC. The van der Waals surface area contributed by atoms with Crippen molar-refractivity contribution >= 4 is 23.3 Å². The fourth-order valence-electron chi connectivity index (χ4n) is 2.43. The summed E-state index contributed by atoms with van der Waals surface area (Å²) in [5.41, 5.74) is 8.49. The molecular formula is C20H25N7O4. The summed E-state index contributed by atoms with van der Waals surface area (Å²) in [6.07, 6.45) is -0.613. The molecule has 1 heterocycles. The van der Waals surface area contributed by atoms with Crippen LogP contribution in [0, 0.1) is 10.9 Å². The molecule has 2 aromatic rings. The Bertz CT molecular complexity index is 917. The summed E-state index contributed by atoms with van der Waals surface area (Å²) >= 11 is 0. The highest BCUT2D eigenvalue weighted by Crippen LogP contribution is 2.10. The molecule has 1 amide bonds. The highest BCUT2D eigenvalue weighted by atomic mass is 16.7. The van der Waals surface area contributed by atoms with Gasteiger partial charge in [-0.1, -0.05) is 46.8 Å². The Morgan fingerprint density at radius 3 is 2.52 bits per heavy atom. The first kappa shape index (κ1) is 23.6. The van der Waals surface area contributed by atoms with Crippen LogP contribution in [0.4, 0.5) is 5.82 Å². The summed E-state index contributed by atoms with van der Waals surface area (Å²) in [6, 6.07) is 14.1. The van der Waals surface area contributed by atoms with Gasteiger partial charge in [0.05, 0.1) is 12.1 Å². The van der Waals surface area contributed by atoms with Crippen LogP contribution in [-0.2, 0) is 25.7 Å². The van der Waals surface area contributed by atoms with Gasteiger partial charge in [-0.25, -0.2) is 9.99 Å². The zero-order valence-corrected chi connectivity index (χ0v) is 17.5. The third-order valence-electron chi connectivity index (χ3n) is 4.07. The monoisotopic (exact) mass is 427 g/mol.